The van der Waals surface area contributed by atoms with Crippen LogP contribution in [0.3, 0.4) is 0 Å². The smallest absolute Gasteiger partial charge is 0.0174 e. The van der Waals surface area contributed by atoms with E-state index >= 15 is 0 Å². The van der Waals surface area contributed by atoms with Crippen molar-refractivity contribution in [3.05, 3.63) is 0 Å². The first-order chi connectivity index (χ1) is 3.41. The fourth-order valence-electron chi connectivity index (χ4n) is 2.07. The van der Waals surface area contributed by atoms with Crippen LogP contribution in [0.5, 0.6) is 0 Å². The first kappa shape index (κ1) is 6.47. The minimum absolute atomic E-state index is 0.0891. The van der Waals surface area contributed by atoms with E-state index in [4.69, 9.17) is 0 Å². The lowest BCUT2D eigenvalue weighted by atomic mass is 9.99. The summed E-state index contributed by atoms with van der Waals surface area (Å²) in [5, 5.41) is 0. The number of hydrogen-bond acceptors (Lipinski definition) is 0. The van der Waals surface area contributed by atoms with E-state index in [1.54, 1.807) is 0 Å². The van der Waals surface area contributed by atoms with Gasteiger partial charge in [0, 0.05) is 0 Å². The van der Waals surface area contributed by atoms with Gasteiger partial charge in [-0.15, -0.1) is 0 Å². The Bertz CT molecular complexity index is 81.0. The Morgan fingerprint density at radius 1 is 1.12 bits per heavy atom. The standard InChI is InChI=1S/C7H16S/c1-7(2)5-8(3,4)6-7/h5-6H2,1-4H3. The van der Waals surface area contributed by atoms with Crippen molar-refractivity contribution in [1.29, 1.82) is 0 Å². The lowest BCUT2D eigenvalue weighted by Crippen LogP contribution is -2.39. The minimum Gasteiger partial charge on any atom is -0.246 e. The van der Waals surface area contributed by atoms with Crippen molar-refractivity contribution < 1.29 is 0 Å². The molecule has 0 saturated carbocycles. The molecular formula is C7H16S. The fourth-order valence-corrected chi connectivity index (χ4v) is 6.22. The van der Waals surface area contributed by atoms with Gasteiger partial charge in [0.1, 0.15) is 0 Å². The van der Waals surface area contributed by atoms with Crippen molar-refractivity contribution in [2.45, 2.75) is 13.8 Å². The molecule has 0 bridgehead atoms. The van der Waals surface area contributed by atoms with Crippen LogP contribution in [-0.4, -0.2) is 24.0 Å². The maximum atomic E-state index is 2.43. The number of rotatable bonds is 0. The van der Waals surface area contributed by atoms with E-state index in [1.165, 1.54) is 11.5 Å². The van der Waals surface area contributed by atoms with Gasteiger partial charge in [-0.05, 0) is 29.4 Å². The number of hydrogen-bond donors (Lipinski definition) is 0. The average molecular weight is 132 g/mol. The van der Waals surface area contributed by atoms with E-state index in [9.17, 15) is 0 Å². The molecule has 1 heterocycles. The highest BCUT2D eigenvalue weighted by molar-refractivity contribution is 8.33. The van der Waals surface area contributed by atoms with E-state index in [0.717, 1.165) is 0 Å². The summed E-state index contributed by atoms with van der Waals surface area (Å²) in [6, 6.07) is 0. The van der Waals surface area contributed by atoms with Crippen LogP contribution >= 0.6 is 10.0 Å². The molecule has 0 N–H and O–H groups in total. The fraction of sp³-hybridized carbons (Fsp3) is 1.00. The largest absolute Gasteiger partial charge is 0.246 e. The maximum Gasteiger partial charge on any atom is -0.0174 e. The molecule has 0 spiro atoms. The lowest BCUT2D eigenvalue weighted by Gasteiger charge is -2.53. The normalized spacial score (nSPS) is 35.5. The van der Waals surface area contributed by atoms with E-state index in [0.29, 0.717) is 5.41 Å². The van der Waals surface area contributed by atoms with E-state index in [1.807, 2.05) is 0 Å². The molecule has 0 nitrogen and oxygen atoms in total. The van der Waals surface area contributed by atoms with Gasteiger partial charge in [-0.2, -0.15) is 0 Å². The summed E-state index contributed by atoms with van der Waals surface area (Å²) in [5.41, 5.74) is 0.693. The van der Waals surface area contributed by atoms with Crippen molar-refractivity contribution in [2.24, 2.45) is 5.41 Å². The molecule has 1 heteroatoms. The van der Waals surface area contributed by atoms with Crippen LogP contribution in [0.4, 0.5) is 0 Å². The molecule has 1 rings (SSSR count). The lowest BCUT2D eigenvalue weighted by molar-refractivity contribution is 0.452. The quantitative estimate of drug-likeness (QED) is 0.473. The second-order valence-corrected chi connectivity index (χ2v) is 8.33. The topological polar surface area (TPSA) is 0 Å². The summed E-state index contributed by atoms with van der Waals surface area (Å²) in [6.45, 7) is 4.73. The average Bonchev–Trinajstić information content (AvgIpc) is 1.20. The summed E-state index contributed by atoms with van der Waals surface area (Å²) in [4.78, 5) is 0. The molecular weight excluding hydrogens is 116 g/mol. The summed E-state index contributed by atoms with van der Waals surface area (Å²) in [5.74, 6) is 2.97. The first-order valence-corrected chi connectivity index (χ1v) is 5.89. The third-order valence-electron chi connectivity index (χ3n) is 1.56. The van der Waals surface area contributed by atoms with Gasteiger partial charge >= 0.3 is 0 Å². The SMILES string of the molecule is CC1(C)CS(C)(C)C1. The Morgan fingerprint density at radius 3 is 1.50 bits per heavy atom. The molecule has 0 radical (unpaired) electrons. The molecule has 0 aromatic carbocycles. The molecule has 8 heavy (non-hydrogen) atoms. The van der Waals surface area contributed by atoms with Gasteiger partial charge in [0.05, 0.1) is 0 Å². The first-order valence-electron chi connectivity index (χ1n) is 3.10. The van der Waals surface area contributed by atoms with Crippen LogP contribution in [0.1, 0.15) is 13.8 Å². The monoisotopic (exact) mass is 132 g/mol. The third-order valence-corrected chi connectivity index (χ3v) is 4.69. The van der Waals surface area contributed by atoms with Crippen LogP contribution in [0.2, 0.25) is 0 Å². The molecule has 50 valence electrons. The second kappa shape index (κ2) is 1.44. The van der Waals surface area contributed by atoms with Gasteiger partial charge in [0.15, 0.2) is 0 Å². The molecule has 1 saturated heterocycles. The van der Waals surface area contributed by atoms with E-state index in [-0.39, 0.29) is 10.0 Å². The van der Waals surface area contributed by atoms with Crippen molar-refractivity contribution >= 4 is 10.0 Å². The van der Waals surface area contributed by atoms with Crippen LogP contribution in [0.25, 0.3) is 0 Å². The molecule has 0 unspecified atom stereocenters. The van der Waals surface area contributed by atoms with Gasteiger partial charge in [0.25, 0.3) is 0 Å². The van der Waals surface area contributed by atoms with Gasteiger partial charge in [-0.1, -0.05) is 13.8 Å². The predicted molar refractivity (Wildman–Crippen MR) is 43.0 cm³/mol. The zero-order valence-corrected chi connectivity index (χ0v) is 7.14. The predicted octanol–water partition coefficient (Wildman–Crippen LogP) is 2.09. The maximum absolute atomic E-state index is 2.43. The summed E-state index contributed by atoms with van der Waals surface area (Å²) in [6.07, 6.45) is 4.86. The highest BCUT2D eigenvalue weighted by Crippen LogP contribution is 2.58. The minimum atomic E-state index is -0.0891. The molecule has 0 aromatic heterocycles. The third kappa shape index (κ3) is 1.19. The molecule has 0 aliphatic carbocycles. The highest BCUT2D eigenvalue weighted by atomic mass is 32.3. The highest BCUT2D eigenvalue weighted by Gasteiger charge is 2.38. The summed E-state index contributed by atoms with van der Waals surface area (Å²) in [7, 11) is -0.0891. The molecule has 1 fully saturated rings. The molecule has 1 aliphatic heterocycles. The zero-order chi connectivity index (χ0) is 6.41. The van der Waals surface area contributed by atoms with E-state index < -0.39 is 0 Å². The Labute approximate surface area is 54.0 Å². The molecule has 0 atom stereocenters. The van der Waals surface area contributed by atoms with Crippen molar-refractivity contribution in [1.82, 2.24) is 0 Å². The van der Waals surface area contributed by atoms with E-state index in [2.05, 4.69) is 26.4 Å². The Hall–Kier alpha value is 0.350. The Kier molecular flexibility index (Phi) is 1.16. The zero-order valence-electron chi connectivity index (χ0n) is 6.32. The Morgan fingerprint density at radius 2 is 1.50 bits per heavy atom. The van der Waals surface area contributed by atoms with Crippen LogP contribution in [-0.2, 0) is 0 Å². The molecule has 1 aliphatic rings. The van der Waals surface area contributed by atoms with Crippen LogP contribution in [0, 0.1) is 5.41 Å². The van der Waals surface area contributed by atoms with Crippen LogP contribution < -0.4 is 0 Å². The summed E-state index contributed by atoms with van der Waals surface area (Å²) < 4.78 is 0. The summed E-state index contributed by atoms with van der Waals surface area (Å²) >= 11 is 0. The van der Waals surface area contributed by atoms with Gasteiger partial charge in [-0.25, -0.2) is 10.0 Å². The van der Waals surface area contributed by atoms with Crippen molar-refractivity contribution in [2.75, 3.05) is 24.0 Å². The second-order valence-electron chi connectivity index (χ2n) is 4.22. The Balaban J connectivity index is 2.42. The molecule has 0 aromatic rings. The van der Waals surface area contributed by atoms with Crippen molar-refractivity contribution in [3.8, 4) is 0 Å². The van der Waals surface area contributed by atoms with Gasteiger partial charge in [0.2, 0.25) is 0 Å². The van der Waals surface area contributed by atoms with Crippen LogP contribution in [0.15, 0.2) is 0 Å². The van der Waals surface area contributed by atoms with Gasteiger partial charge < -0.3 is 0 Å². The van der Waals surface area contributed by atoms with Gasteiger partial charge in [-0.3, -0.25) is 0 Å². The van der Waals surface area contributed by atoms with Crippen molar-refractivity contribution in [3.63, 3.8) is 0 Å². The molecule has 0 amide bonds.